The fourth-order valence-electron chi connectivity index (χ4n) is 3.80. The highest BCUT2D eigenvalue weighted by Gasteiger charge is 2.48. The molecule has 4 heterocycles. The van der Waals surface area contributed by atoms with E-state index in [9.17, 15) is 9.59 Å². The van der Waals surface area contributed by atoms with Crippen molar-refractivity contribution in [1.29, 1.82) is 0 Å². The number of fused-ring (bicyclic) bond motifs is 1. The Balaban J connectivity index is 1.40. The first-order valence-electron chi connectivity index (χ1n) is 8.64. The van der Waals surface area contributed by atoms with Crippen LogP contribution in [0.2, 0.25) is 0 Å². The molecule has 2 aromatic rings. The molecule has 0 N–H and O–H groups in total. The van der Waals surface area contributed by atoms with Crippen LogP contribution in [-0.4, -0.2) is 70.8 Å². The predicted octanol–water partition coefficient (Wildman–Crippen LogP) is -0.535. The highest BCUT2D eigenvalue weighted by molar-refractivity contribution is 5.83. The van der Waals surface area contributed by atoms with Gasteiger partial charge in [0.2, 0.25) is 11.8 Å². The molecule has 0 saturated carbocycles. The summed E-state index contributed by atoms with van der Waals surface area (Å²) in [5.41, 5.74) is 1.35. The van der Waals surface area contributed by atoms with Gasteiger partial charge in [0.25, 0.3) is 0 Å². The third-order valence-electron chi connectivity index (χ3n) is 5.25. The second-order valence-corrected chi connectivity index (χ2v) is 6.73. The summed E-state index contributed by atoms with van der Waals surface area (Å²) in [7, 11) is 0. The second-order valence-electron chi connectivity index (χ2n) is 6.73. The number of tetrazole rings is 1. The Morgan fingerprint density at radius 3 is 2.81 bits per heavy atom. The van der Waals surface area contributed by atoms with Gasteiger partial charge in [-0.2, -0.15) is 0 Å². The van der Waals surface area contributed by atoms with E-state index in [-0.39, 0.29) is 23.9 Å². The molecule has 4 rings (SSSR count). The Morgan fingerprint density at radius 2 is 2.12 bits per heavy atom. The van der Waals surface area contributed by atoms with Crippen LogP contribution in [-0.2, 0) is 22.7 Å². The van der Waals surface area contributed by atoms with Crippen LogP contribution < -0.4 is 0 Å². The molecule has 11 heteroatoms. The Hall–Kier alpha value is -2.85. The van der Waals surface area contributed by atoms with Crippen LogP contribution in [0.15, 0.2) is 4.63 Å². The smallest absolute Gasteiger partial charge is 0.225 e. The maximum Gasteiger partial charge on any atom is 0.225 e. The molecule has 26 heavy (non-hydrogen) atoms. The van der Waals surface area contributed by atoms with Crippen molar-refractivity contribution in [3.63, 3.8) is 0 Å². The lowest BCUT2D eigenvalue weighted by Crippen LogP contribution is -2.40. The molecule has 0 radical (unpaired) electrons. The van der Waals surface area contributed by atoms with Gasteiger partial charge < -0.3 is 9.80 Å². The van der Waals surface area contributed by atoms with Gasteiger partial charge in [0.1, 0.15) is 17.2 Å². The van der Waals surface area contributed by atoms with Crippen molar-refractivity contribution in [3.8, 4) is 0 Å². The SMILES string of the molecule is Cc1nonc1CN1C(=O)C[C@H]2[C@@H]1CCN2C(=O)CCn1nnnc1C. The zero-order chi connectivity index (χ0) is 18.3. The van der Waals surface area contributed by atoms with Crippen LogP contribution in [0.25, 0.3) is 0 Å². The van der Waals surface area contributed by atoms with E-state index in [1.165, 1.54) is 0 Å². The second kappa shape index (κ2) is 6.46. The van der Waals surface area contributed by atoms with Crippen LogP contribution in [0.5, 0.6) is 0 Å². The van der Waals surface area contributed by atoms with Crippen LogP contribution >= 0.6 is 0 Å². The average molecular weight is 360 g/mol. The first-order chi connectivity index (χ1) is 12.5. The quantitative estimate of drug-likeness (QED) is 0.697. The van der Waals surface area contributed by atoms with E-state index in [4.69, 9.17) is 4.63 Å². The highest BCUT2D eigenvalue weighted by atomic mass is 16.6. The first kappa shape index (κ1) is 16.6. The Kier molecular flexibility index (Phi) is 4.13. The fourth-order valence-corrected chi connectivity index (χ4v) is 3.80. The van der Waals surface area contributed by atoms with Gasteiger partial charge in [0.05, 0.1) is 25.2 Å². The number of amides is 2. The van der Waals surface area contributed by atoms with Crippen LogP contribution in [0.3, 0.4) is 0 Å². The van der Waals surface area contributed by atoms with Crippen molar-refractivity contribution >= 4 is 11.8 Å². The number of hydrogen-bond acceptors (Lipinski definition) is 8. The number of rotatable bonds is 5. The summed E-state index contributed by atoms with van der Waals surface area (Å²) in [6, 6.07) is -0.0533. The summed E-state index contributed by atoms with van der Waals surface area (Å²) in [4.78, 5) is 28.7. The van der Waals surface area contributed by atoms with Gasteiger partial charge in [-0.3, -0.25) is 9.59 Å². The van der Waals surface area contributed by atoms with E-state index >= 15 is 0 Å². The first-order valence-corrected chi connectivity index (χ1v) is 8.64. The van der Waals surface area contributed by atoms with Gasteiger partial charge in [0, 0.05) is 19.4 Å². The van der Waals surface area contributed by atoms with Crippen molar-refractivity contribution in [3.05, 3.63) is 17.2 Å². The van der Waals surface area contributed by atoms with Gasteiger partial charge in [-0.25, -0.2) is 9.31 Å². The Labute approximate surface area is 149 Å². The van der Waals surface area contributed by atoms with E-state index in [2.05, 4.69) is 25.8 Å². The van der Waals surface area contributed by atoms with E-state index in [1.54, 1.807) is 23.4 Å². The topological polar surface area (TPSA) is 123 Å². The van der Waals surface area contributed by atoms with Crippen LogP contribution in [0.1, 0.15) is 36.5 Å². The summed E-state index contributed by atoms with van der Waals surface area (Å²) in [5.74, 6) is 0.744. The Bertz CT molecular complexity index is 830. The normalized spacial score (nSPS) is 22.3. The summed E-state index contributed by atoms with van der Waals surface area (Å²) >= 11 is 0. The van der Waals surface area contributed by atoms with Gasteiger partial charge in [-0.1, -0.05) is 10.3 Å². The molecule has 2 aliphatic rings. The zero-order valence-electron chi connectivity index (χ0n) is 14.7. The monoisotopic (exact) mass is 360 g/mol. The highest BCUT2D eigenvalue weighted by Crippen LogP contribution is 2.34. The van der Waals surface area contributed by atoms with Crippen molar-refractivity contribution in [2.45, 2.75) is 58.3 Å². The number of aryl methyl sites for hydroxylation is 3. The molecule has 2 fully saturated rings. The molecule has 2 amide bonds. The number of nitrogens with zero attached hydrogens (tertiary/aromatic N) is 8. The van der Waals surface area contributed by atoms with Gasteiger partial charge in [-0.15, -0.1) is 5.10 Å². The maximum absolute atomic E-state index is 12.7. The Morgan fingerprint density at radius 1 is 1.27 bits per heavy atom. The number of hydrogen-bond donors (Lipinski definition) is 0. The molecule has 138 valence electrons. The molecule has 0 aliphatic carbocycles. The zero-order valence-corrected chi connectivity index (χ0v) is 14.7. The molecule has 0 unspecified atom stereocenters. The molecule has 0 bridgehead atoms. The molecular weight excluding hydrogens is 340 g/mol. The van der Waals surface area contributed by atoms with Crippen LogP contribution in [0.4, 0.5) is 0 Å². The number of carbonyl (C=O) groups excluding carboxylic acids is 2. The van der Waals surface area contributed by atoms with Crippen molar-refractivity contribution in [2.24, 2.45) is 0 Å². The van der Waals surface area contributed by atoms with Gasteiger partial charge >= 0.3 is 0 Å². The molecule has 2 aliphatic heterocycles. The number of aromatic nitrogens is 6. The number of carbonyl (C=O) groups is 2. The van der Waals surface area contributed by atoms with Gasteiger partial charge in [0.15, 0.2) is 0 Å². The lowest BCUT2D eigenvalue weighted by Gasteiger charge is -2.25. The van der Waals surface area contributed by atoms with E-state index in [0.717, 1.165) is 6.42 Å². The van der Waals surface area contributed by atoms with E-state index < -0.39 is 0 Å². The minimum Gasteiger partial charge on any atom is -0.337 e. The summed E-state index contributed by atoms with van der Waals surface area (Å²) in [6.07, 6.45) is 1.44. The molecule has 0 spiro atoms. The maximum atomic E-state index is 12.7. The molecule has 2 atom stereocenters. The molecular formula is C15H20N8O3. The summed E-state index contributed by atoms with van der Waals surface area (Å²) in [5, 5.41) is 18.9. The molecule has 2 aromatic heterocycles. The third kappa shape index (κ3) is 2.82. The average Bonchev–Trinajstić information content (AvgIpc) is 3.35. The van der Waals surface area contributed by atoms with Gasteiger partial charge in [-0.05, 0) is 30.7 Å². The minimum atomic E-state index is -0.0786. The minimum absolute atomic E-state index is 0.0253. The number of likely N-dealkylation sites (tertiary alicyclic amines) is 2. The standard InChI is InChI=1S/C15H20N8O3/c1-9-11(18-26-17-9)8-22-12-3-5-21(13(12)7-15(22)25)14(24)4-6-23-10(2)16-19-20-23/h12-13H,3-8H2,1-2H3/t12-,13-/m0/s1. The molecule has 0 aromatic carbocycles. The largest absolute Gasteiger partial charge is 0.337 e. The molecule has 11 nitrogen and oxygen atoms in total. The lowest BCUT2D eigenvalue weighted by atomic mass is 10.1. The van der Waals surface area contributed by atoms with E-state index in [1.807, 2.05) is 4.90 Å². The van der Waals surface area contributed by atoms with Crippen molar-refractivity contribution in [2.75, 3.05) is 6.54 Å². The van der Waals surface area contributed by atoms with E-state index in [0.29, 0.717) is 49.7 Å². The lowest BCUT2D eigenvalue weighted by molar-refractivity contribution is -0.132. The van der Waals surface area contributed by atoms with Crippen LogP contribution in [0, 0.1) is 13.8 Å². The summed E-state index contributed by atoms with van der Waals surface area (Å²) < 4.78 is 6.33. The van der Waals surface area contributed by atoms with Crippen molar-refractivity contribution in [1.82, 2.24) is 40.3 Å². The van der Waals surface area contributed by atoms with Crippen molar-refractivity contribution < 1.29 is 14.2 Å². The fraction of sp³-hybridized carbons (Fsp3) is 0.667. The molecule has 2 saturated heterocycles. The summed E-state index contributed by atoms with van der Waals surface area (Å²) in [6.45, 7) is 5.07. The third-order valence-corrected chi connectivity index (χ3v) is 5.25. The predicted molar refractivity (Wildman–Crippen MR) is 85.3 cm³/mol.